The number of imidazole rings is 1. The lowest BCUT2D eigenvalue weighted by atomic mass is 10.1. The number of benzene rings is 2. The normalized spacial score (nSPS) is 11.9. The van der Waals surface area contributed by atoms with Gasteiger partial charge in [-0.3, -0.25) is 4.79 Å². The Hall–Kier alpha value is -2.59. The fourth-order valence-corrected chi connectivity index (χ4v) is 2.73. The lowest BCUT2D eigenvalue weighted by Crippen LogP contribution is -2.32. The van der Waals surface area contributed by atoms with Gasteiger partial charge in [-0.1, -0.05) is 54.1 Å². The van der Waals surface area contributed by atoms with E-state index < -0.39 is 0 Å². The predicted molar refractivity (Wildman–Crippen MR) is 94.8 cm³/mol. The molecule has 2 aromatic carbocycles. The number of hydrogen-bond donors (Lipinski definition) is 1. The summed E-state index contributed by atoms with van der Waals surface area (Å²) in [6.45, 7) is 0. The molecule has 0 saturated carbocycles. The Bertz CT molecular complexity index is 812. The first-order chi connectivity index (χ1) is 11.6. The first kappa shape index (κ1) is 16.3. The highest BCUT2D eigenvalue weighted by molar-refractivity contribution is 6.30. The van der Waals surface area contributed by atoms with Crippen molar-refractivity contribution in [1.29, 1.82) is 0 Å². The minimum Gasteiger partial charge on any atom is -0.342 e. The maximum atomic E-state index is 12.5. The molecule has 0 spiro atoms. The van der Waals surface area contributed by atoms with Crippen LogP contribution in [-0.4, -0.2) is 15.5 Å². The van der Waals surface area contributed by atoms with E-state index in [1.165, 1.54) is 0 Å². The molecular weight excluding hydrogens is 322 g/mol. The third kappa shape index (κ3) is 3.84. The zero-order chi connectivity index (χ0) is 16.9. The number of amides is 1. The number of rotatable bonds is 5. The maximum Gasteiger partial charge on any atom is 0.225 e. The molecule has 0 radical (unpaired) electrons. The second-order valence-electron chi connectivity index (χ2n) is 5.61. The first-order valence-corrected chi connectivity index (χ1v) is 8.07. The number of hydrogen-bond acceptors (Lipinski definition) is 2. The van der Waals surface area contributed by atoms with Crippen LogP contribution in [0.3, 0.4) is 0 Å². The van der Waals surface area contributed by atoms with Crippen LogP contribution in [0.4, 0.5) is 0 Å². The van der Waals surface area contributed by atoms with Crippen molar-refractivity contribution >= 4 is 17.5 Å². The van der Waals surface area contributed by atoms with Crippen molar-refractivity contribution in [3.63, 3.8) is 0 Å². The van der Waals surface area contributed by atoms with Crippen LogP contribution < -0.4 is 5.32 Å². The maximum absolute atomic E-state index is 12.5. The number of aryl methyl sites for hydroxylation is 1. The van der Waals surface area contributed by atoms with Gasteiger partial charge in [-0.25, -0.2) is 4.98 Å². The lowest BCUT2D eigenvalue weighted by Gasteiger charge is -2.19. The Labute approximate surface area is 146 Å². The van der Waals surface area contributed by atoms with Crippen LogP contribution in [0.25, 0.3) is 0 Å². The smallest absolute Gasteiger partial charge is 0.225 e. The number of halogens is 1. The third-order valence-electron chi connectivity index (χ3n) is 3.83. The van der Waals surface area contributed by atoms with Crippen LogP contribution in [-0.2, 0) is 18.3 Å². The molecule has 0 saturated heterocycles. The van der Waals surface area contributed by atoms with E-state index in [2.05, 4.69) is 10.3 Å². The van der Waals surface area contributed by atoms with Gasteiger partial charge in [0.2, 0.25) is 5.91 Å². The molecule has 0 bridgehead atoms. The molecule has 1 heterocycles. The first-order valence-electron chi connectivity index (χ1n) is 7.69. The quantitative estimate of drug-likeness (QED) is 0.773. The van der Waals surface area contributed by atoms with Gasteiger partial charge in [-0.2, -0.15) is 0 Å². The van der Waals surface area contributed by atoms with E-state index in [0.29, 0.717) is 11.4 Å². The minimum atomic E-state index is -0.321. The summed E-state index contributed by atoms with van der Waals surface area (Å²) in [5, 5.41) is 3.74. The molecule has 4 nitrogen and oxygen atoms in total. The Kier molecular flexibility index (Phi) is 4.96. The highest BCUT2D eigenvalue weighted by atomic mass is 35.5. The summed E-state index contributed by atoms with van der Waals surface area (Å²) in [4.78, 5) is 16.9. The Morgan fingerprint density at radius 1 is 1.17 bits per heavy atom. The standard InChI is InChI=1S/C19H18ClN3O/c1-23-12-11-21-19(23)18(15-7-9-16(20)10-8-15)22-17(24)13-14-5-3-2-4-6-14/h2-12,18H,13H2,1H3,(H,22,24). The van der Waals surface area contributed by atoms with Crippen molar-refractivity contribution < 1.29 is 4.79 Å². The van der Waals surface area contributed by atoms with Crippen LogP contribution in [0, 0.1) is 0 Å². The highest BCUT2D eigenvalue weighted by Gasteiger charge is 2.20. The lowest BCUT2D eigenvalue weighted by molar-refractivity contribution is -0.121. The van der Waals surface area contributed by atoms with Gasteiger partial charge in [0.1, 0.15) is 11.9 Å². The van der Waals surface area contributed by atoms with Gasteiger partial charge >= 0.3 is 0 Å². The van der Waals surface area contributed by atoms with E-state index >= 15 is 0 Å². The molecule has 0 aliphatic heterocycles. The van der Waals surface area contributed by atoms with Crippen LogP contribution in [0.5, 0.6) is 0 Å². The fourth-order valence-electron chi connectivity index (χ4n) is 2.60. The molecule has 1 atom stereocenters. The Balaban J connectivity index is 1.84. The molecule has 1 N–H and O–H groups in total. The van der Waals surface area contributed by atoms with E-state index in [4.69, 9.17) is 11.6 Å². The summed E-state index contributed by atoms with van der Waals surface area (Å²) in [7, 11) is 1.91. The molecule has 5 heteroatoms. The molecule has 0 aliphatic rings. The van der Waals surface area contributed by atoms with E-state index in [1.54, 1.807) is 6.20 Å². The number of carbonyl (C=O) groups excluding carboxylic acids is 1. The molecule has 0 aliphatic carbocycles. The highest BCUT2D eigenvalue weighted by Crippen LogP contribution is 2.22. The number of carbonyl (C=O) groups is 1. The Morgan fingerprint density at radius 3 is 2.50 bits per heavy atom. The molecule has 3 rings (SSSR count). The van der Waals surface area contributed by atoms with Gasteiger partial charge < -0.3 is 9.88 Å². The Morgan fingerprint density at radius 2 is 1.88 bits per heavy atom. The van der Waals surface area contributed by atoms with E-state index in [9.17, 15) is 4.79 Å². The van der Waals surface area contributed by atoms with Crippen molar-refractivity contribution in [2.75, 3.05) is 0 Å². The van der Waals surface area contributed by atoms with Gasteiger partial charge in [0, 0.05) is 24.5 Å². The van der Waals surface area contributed by atoms with Crippen molar-refractivity contribution in [1.82, 2.24) is 14.9 Å². The minimum absolute atomic E-state index is 0.0517. The van der Waals surface area contributed by atoms with Crippen LogP contribution in [0.2, 0.25) is 5.02 Å². The molecule has 1 aromatic heterocycles. The molecule has 3 aromatic rings. The average molecular weight is 340 g/mol. The largest absolute Gasteiger partial charge is 0.342 e. The second-order valence-corrected chi connectivity index (χ2v) is 6.05. The molecule has 1 amide bonds. The third-order valence-corrected chi connectivity index (χ3v) is 4.08. The zero-order valence-electron chi connectivity index (χ0n) is 13.3. The van der Waals surface area contributed by atoms with Crippen molar-refractivity contribution in [2.24, 2.45) is 7.05 Å². The van der Waals surface area contributed by atoms with E-state index in [0.717, 1.165) is 17.0 Å². The summed E-state index contributed by atoms with van der Waals surface area (Å²) >= 11 is 5.98. The summed E-state index contributed by atoms with van der Waals surface area (Å²) in [6, 6.07) is 16.8. The molecule has 1 unspecified atom stereocenters. The van der Waals surface area contributed by atoms with Gasteiger partial charge in [0.15, 0.2) is 0 Å². The number of aromatic nitrogens is 2. The number of nitrogens with zero attached hydrogens (tertiary/aromatic N) is 2. The van der Waals surface area contributed by atoms with Gasteiger partial charge in [-0.15, -0.1) is 0 Å². The van der Waals surface area contributed by atoms with Gasteiger partial charge in [0.25, 0.3) is 0 Å². The topological polar surface area (TPSA) is 46.9 Å². The van der Waals surface area contributed by atoms with Crippen molar-refractivity contribution in [3.8, 4) is 0 Å². The van der Waals surface area contributed by atoms with Gasteiger partial charge in [-0.05, 0) is 23.3 Å². The second kappa shape index (κ2) is 7.32. The monoisotopic (exact) mass is 339 g/mol. The van der Waals surface area contributed by atoms with E-state index in [1.807, 2.05) is 72.4 Å². The van der Waals surface area contributed by atoms with E-state index in [-0.39, 0.29) is 11.9 Å². The molecule has 122 valence electrons. The van der Waals surface area contributed by atoms with Crippen LogP contribution in [0.1, 0.15) is 23.0 Å². The molecule has 0 fully saturated rings. The molecule has 24 heavy (non-hydrogen) atoms. The summed E-state index contributed by atoms with van der Waals surface area (Å²) in [5.41, 5.74) is 1.92. The van der Waals surface area contributed by atoms with Crippen LogP contribution in [0.15, 0.2) is 67.0 Å². The molecular formula is C19H18ClN3O. The fraction of sp³-hybridized carbons (Fsp3) is 0.158. The summed E-state index contributed by atoms with van der Waals surface area (Å²) < 4.78 is 1.90. The van der Waals surface area contributed by atoms with Gasteiger partial charge in [0.05, 0.1) is 6.42 Å². The van der Waals surface area contributed by atoms with Crippen molar-refractivity contribution in [3.05, 3.63) is 89.0 Å². The van der Waals surface area contributed by atoms with Crippen molar-refractivity contribution in [2.45, 2.75) is 12.5 Å². The SMILES string of the molecule is Cn1ccnc1C(NC(=O)Cc1ccccc1)c1ccc(Cl)cc1. The summed E-state index contributed by atoms with van der Waals surface area (Å²) in [5.74, 6) is 0.725. The zero-order valence-corrected chi connectivity index (χ0v) is 14.1. The predicted octanol–water partition coefficient (Wildman–Crippen LogP) is 3.52. The summed E-state index contributed by atoms with van der Waals surface area (Å²) in [6.07, 6.45) is 3.92. The van der Waals surface area contributed by atoms with Crippen LogP contribution >= 0.6 is 11.6 Å². The number of nitrogens with one attached hydrogen (secondary N) is 1. The average Bonchev–Trinajstić information content (AvgIpc) is 3.00.